The number of halogens is 1. The lowest BCUT2D eigenvalue weighted by Gasteiger charge is -2.25. The van der Waals surface area contributed by atoms with E-state index in [0.29, 0.717) is 41.7 Å². The van der Waals surface area contributed by atoms with Gasteiger partial charge in [-0.3, -0.25) is 4.79 Å². The predicted octanol–water partition coefficient (Wildman–Crippen LogP) is 8.12. The zero-order valence-corrected chi connectivity index (χ0v) is 25.9. The molecule has 40 heavy (non-hydrogen) atoms. The highest BCUT2D eigenvalue weighted by molar-refractivity contribution is 5.82. The van der Waals surface area contributed by atoms with Gasteiger partial charge in [-0.15, -0.1) is 0 Å². The molecule has 0 radical (unpaired) electrons. The monoisotopic (exact) mass is 558 g/mol. The Kier molecular flexibility index (Phi) is 13.9. The minimum Gasteiger partial charge on any atom is -0.465 e. The van der Waals surface area contributed by atoms with E-state index in [1.54, 1.807) is 29.1 Å². The van der Waals surface area contributed by atoms with Crippen LogP contribution < -0.4 is 0 Å². The number of rotatable bonds is 17. The summed E-state index contributed by atoms with van der Waals surface area (Å²) in [6.07, 6.45) is 7.05. The van der Waals surface area contributed by atoms with Gasteiger partial charge in [-0.2, -0.15) is 0 Å². The summed E-state index contributed by atoms with van der Waals surface area (Å²) >= 11 is 0. The SMILES string of the molecule is CC(C)CCC(COC(=O)CC(C(=O)OCC(CCC(C)C)C(C)C)n1ccnc1-c1cccc(F)c1)C(C)C. The third-order valence-electron chi connectivity index (χ3n) is 7.73. The van der Waals surface area contributed by atoms with Crippen LogP contribution >= 0.6 is 0 Å². The van der Waals surface area contributed by atoms with Crippen LogP contribution in [0.15, 0.2) is 36.7 Å². The number of aromatic nitrogens is 2. The topological polar surface area (TPSA) is 70.4 Å². The second-order valence-corrected chi connectivity index (χ2v) is 12.7. The zero-order chi connectivity index (χ0) is 29.8. The molecule has 0 aliphatic heterocycles. The van der Waals surface area contributed by atoms with Crippen LogP contribution in [0, 0.1) is 41.3 Å². The first-order valence-corrected chi connectivity index (χ1v) is 15.0. The van der Waals surface area contributed by atoms with E-state index in [-0.39, 0.29) is 24.9 Å². The molecule has 0 amide bonds. The van der Waals surface area contributed by atoms with Gasteiger partial charge in [0.15, 0.2) is 0 Å². The van der Waals surface area contributed by atoms with Crippen molar-refractivity contribution in [3.8, 4) is 11.4 Å². The van der Waals surface area contributed by atoms with Crippen molar-refractivity contribution in [2.24, 2.45) is 35.5 Å². The quantitative estimate of drug-likeness (QED) is 0.183. The Balaban J connectivity index is 2.24. The highest BCUT2D eigenvalue weighted by atomic mass is 19.1. The first kappa shape index (κ1) is 33.5. The van der Waals surface area contributed by atoms with Crippen molar-refractivity contribution in [2.75, 3.05) is 13.2 Å². The number of benzene rings is 1. The summed E-state index contributed by atoms with van der Waals surface area (Å²) in [6.45, 7) is 17.9. The van der Waals surface area contributed by atoms with E-state index in [4.69, 9.17) is 9.47 Å². The van der Waals surface area contributed by atoms with Crippen LogP contribution in [0.1, 0.15) is 93.5 Å². The number of ether oxygens (including phenoxy) is 2. The van der Waals surface area contributed by atoms with Crippen molar-refractivity contribution in [3.63, 3.8) is 0 Å². The van der Waals surface area contributed by atoms with E-state index in [2.05, 4.69) is 60.4 Å². The van der Waals surface area contributed by atoms with E-state index in [1.807, 2.05) is 0 Å². The van der Waals surface area contributed by atoms with Gasteiger partial charge in [0.05, 0.1) is 19.6 Å². The molecule has 0 bridgehead atoms. The molecule has 3 unspecified atom stereocenters. The first-order chi connectivity index (χ1) is 18.9. The maximum Gasteiger partial charge on any atom is 0.329 e. The van der Waals surface area contributed by atoms with Crippen molar-refractivity contribution >= 4 is 11.9 Å². The number of imidazole rings is 1. The molecule has 0 spiro atoms. The molecule has 0 aliphatic carbocycles. The van der Waals surface area contributed by atoms with E-state index < -0.39 is 23.8 Å². The lowest BCUT2D eigenvalue weighted by molar-refractivity contribution is -0.156. The Morgan fingerprint density at radius 1 is 0.850 bits per heavy atom. The number of esters is 2. The number of nitrogens with zero attached hydrogens (tertiary/aromatic N) is 2. The van der Waals surface area contributed by atoms with Crippen molar-refractivity contribution in [1.82, 2.24) is 9.55 Å². The standard InChI is InChI=1S/C33H51FN2O4/c1-22(2)12-14-27(24(5)6)20-39-31(37)19-30(33(38)40-21-28(25(7)8)15-13-23(3)4)36-17-16-35-32(36)26-10-9-11-29(34)18-26/h9-11,16-18,22-25,27-28,30H,12-15,19-21H2,1-8H3. The summed E-state index contributed by atoms with van der Waals surface area (Å²) in [6, 6.07) is 5.07. The van der Waals surface area contributed by atoms with Crippen LogP contribution in [-0.2, 0) is 19.1 Å². The van der Waals surface area contributed by atoms with Gasteiger partial charge in [0.2, 0.25) is 0 Å². The summed E-state index contributed by atoms with van der Waals surface area (Å²) in [4.78, 5) is 31.1. The van der Waals surface area contributed by atoms with Crippen LogP contribution in [0.2, 0.25) is 0 Å². The molecule has 1 aromatic heterocycles. The fourth-order valence-electron chi connectivity index (χ4n) is 4.73. The highest BCUT2D eigenvalue weighted by Gasteiger charge is 2.30. The molecule has 0 fully saturated rings. The average Bonchev–Trinajstić information content (AvgIpc) is 3.36. The Bertz CT molecular complexity index is 1050. The Labute approximate surface area is 241 Å². The second-order valence-electron chi connectivity index (χ2n) is 12.7. The molecule has 2 rings (SSSR count). The smallest absolute Gasteiger partial charge is 0.329 e. The minimum atomic E-state index is -0.973. The molecule has 3 atom stereocenters. The Morgan fingerprint density at radius 2 is 1.43 bits per heavy atom. The van der Waals surface area contributed by atoms with Crippen molar-refractivity contribution in [2.45, 2.75) is 93.5 Å². The number of carbonyl (C=O) groups is 2. The molecule has 2 aromatic rings. The van der Waals surface area contributed by atoms with Crippen molar-refractivity contribution in [1.29, 1.82) is 0 Å². The van der Waals surface area contributed by atoms with E-state index >= 15 is 0 Å². The largest absolute Gasteiger partial charge is 0.465 e. The van der Waals surface area contributed by atoms with Gasteiger partial charge in [0.1, 0.15) is 17.7 Å². The lowest BCUT2D eigenvalue weighted by atomic mass is 9.89. The molecule has 0 saturated carbocycles. The van der Waals surface area contributed by atoms with Gasteiger partial charge in [-0.1, -0.05) is 80.4 Å². The number of hydrogen-bond acceptors (Lipinski definition) is 5. The van der Waals surface area contributed by atoms with Crippen LogP contribution in [0.5, 0.6) is 0 Å². The molecular formula is C33H51FN2O4. The molecule has 224 valence electrons. The summed E-state index contributed by atoms with van der Waals surface area (Å²) in [5, 5.41) is 0. The summed E-state index contributed by atoms with van der Waals surface area (Å²) in [5.41, 5.74) is 0.515. The molecule has 7 heteroatoms. The van der Waals surface area contributed by atoms with Crippen molar-refractivity contribution in [3.05, 3.63) is 42.5 Å². The van der Waals surface area contributed by atoms with E-state index in [0.717, 1.165) is 25.7 Å². The van der Waals surface area contributed by atoms with Crippen LogP contribution in [0.3, 0.4) is 0 Å². The molecule has 1 heterocycles. The molecular weight excluding hydrogens is 507 g/mol. The van der Waals surface area contributed by atoms with Gasteiger partial charge in [-0.25, -0.2) is 14.2 Å². The molecule has 1 aromatic carbocycles. The van der Waals surface area contributed by atoms with E-state index in [9.17, 15) is 14.0 Å². The van der Waals surface area contributed by atoms with Gasteiger partial charge in [0.25, 0.3) is 0 Å². The van der Waals surface area contributed by atoms with Gasteiger partial charge in [-0.05, 0) is 60.5 Å². The summed E-state index contributed by atoms with van der Waals surface area (Å²) < 4.78 is 27.2. The van der Waals surface area contributed by atoms with Gasteiger partial charge < -0.3 is 14.0 Å². The average molecular weight is 559 g/mol. The van der Waals surface area contributed by atoms with Crippen LogP contribution in [-0.4, -0.2) is 34.7 Å². The minimum absolute atomic E-state index is 0.190. The maximum atomic E-state index is 14.0. The van der Waals surface area contributed by atoms with Crippen molar-refractivity contribution < 1.29 is 23.5 Å². The van der Waals surface area contributed by atoms with Gasteiger partial charge in [0, 0.05) is 18.0 Å². The predicted molar refractivity (Wildman–Crippen MR) is 158 cm³/mol. The molecule has 6 nitrogen and oxygen atoms in total. The second kappa shape index (κ2) is 16.5. The van der Waals surface area contributed by atoms with Crippen LogP contribution in [0.25, 0.3) is 11.4 Å². The zero-order valence-electron chi connectivity index (χ0n) is 25.9. The lowest BCUT2D eigenvalue weighted by Crippen LogP contribution is -2.29. The molecule has 0 aliphatic rings. The van der Waals surface area contributed by atoms with E-state index in [1.165, 1.54) is 12.1 Å². The number of carbonyl (C=O) groups excluding carboxylic acids is 2. The van der Waals surface area contributed by atoms with Gasteiger partial charge >= 0.3 is 11.9 Å². The fourth-order valence-corrected chi connectivity index (χ4v) is 4.73. The molecule has 0 N–H and O–H groups in total. The summed E-state index contributed by atoms with van der Waals surface area (Å²) in [5.74, 6) is 1.35. The Hall–Kier alpha value is -2.70. The first-order valence-electron chi connectivity index (χ1n) is 15.0. The third kappa shape index (κ3) is 11.1. The third-order valence-corrected chi connectivity index (χ3v) is 7.73. The van der Waals surface area contributed by atoms with Crippen LogP contribution in [0.4, 0.5) is 4.39 Å². The highest BCUT2D eigenvalue weighted by Crippen LogP contribution is 2.27. The maximum absolute atomic E-state index is 14.0. The normalized spacial score (nSPS) is 14.1. The molecule has 0 saturated heterocycles. The number of hydrogen-bond donors (Lipinski definition) is 0. The Morgan fingerprint density at radius 3 is 1.95 bits per heavy atom. The fraction of sp³-hybridized carbons (Fsp3) is 0.667. The summed E-state index contributed by atoms with van der Waals surface area (Å²) in [7, 11) is 0.